The lowest BCUT2D eigenvalue weighted by Gasteiger charge is -2.27. The maximum absolute atomic E-state index is 13.4. The third-order valence-electron chi connectivity index (χ3n) is 7.55. The molecule has 3 aromatic rings. The van der Waals surface area contributed by atoms with Crippen LogP contribution in [0.1, 0.15) is 70.6 Å². The molecule has 0 aromatic heterocycles. The summed E-state index contributed by atoms with van der Waals surface area (Å²) in [6, 6.07) is 22.6. The molecule has 0 aliphatic heterocycles. The number of alkyl carbamates (subject to hydrolysis) is 2. The fourth-order valence-corrected chi connectivity index (χ4v) is 5.42. The molecule has 0 spiro atoms. The van der Waals surface area contributed by atoms with E-state index in [1.54, 1.807) is 32.9 Å². The zero-order chi connectivity index (χ0) is 34.1. The number of rotatable bonds is 12. The van der Waals surface area contributed by atoms with Crippen LogP contribution in [0.2, 0.25) is 0 Å². The van der Waals surface area contributed by atoms with Crippen molar-refractivity contribution in [3.63, 3.8) is 0 Å². The first kappa shape index (κ1) is 35.0. The first-order valence-electron chi connectivity index (χ1n) is 15.8. The van der Waals surface area contributed by atoms with Gasteiger partial charge in [-0.1, -0.05) is 92.7 Å². The van der Waals surface area contributed by atoms with Crippen molar-refractivity contribution in [3.05, 3.63) is 95.6 Å². The van der Waals surface area contributed by atoms with E-state index < -0.39 is 47.9 Å². The standard InChI is InChI=1S/C37H44N2O8/c1-23(2)20-31(38-35(42)45-22-30-28-18-12-10-16-26(28)27-17-11-13-19-29(27)30)33(40)46-24(3)32(39-36(43)47-37(4,5)6)34(41)44-21-25-14-8-7-9-15-25/h7-19,23-24,30-32H,20-22H2,1-6H3,(H,38,42)(H,39,43)/t24-,31+,32+/m1/s1. The number of ether oxygens (including phenoxy) is 4. The van der Waals surface area contributed by atoms with Gasteiger partial charge in [0.25, 0.3) is 0 Å². The van der Waals surface area contributed by atoms with Gasteiger partial charge in [0.05, 0.1) is 0 Å². The number of benzene rings is 3. The van der Waals surface area contributed by atoms with Crippen LogP contribution < -0.4 is 10.6 Å². The molecule has 2 N–H and O–H groups in total. The fourth-order valence-electron chi connectivity index (χ4n) is 5.42. The first-order valence-corrected chi connectivity index (χ1v) is 15.8. The molecule has 0 fully saturated rings. The minimum Gasteiger partial charge on any atom is -0.459 e. The summed E-state index contributed by atoms with van der Waals surface area (Å²) >= 11 is 0. The average molecular weight is 645 g/mol. The van der Waals surface area contributed by atoms with Gasteiger partial charge in [-0.25, -0.2) is 19.2 Å². The largest absolute Gasteiger partial charge is 0.459 e. The number of fused-ring (bicyclic) bond motifs is 3. The Labute approximate surface area is 276 Å². The molecule has 1 aliphatic rings. The van der Waals surface area contributed by atoms with E-state index in [9.17, 15) is 19.2 Å². The number of nitrogens with one attached hydrogen (secondary N) is 2. The Morgan fingerprint density at radius 2 is 1.30 bits per heavy atom. The fraction of sp³-hybridized carbons (Fsp3) is 0.405. The third-order valence-corrected chi connectivity index (χ3v) is 7.55. The zero-order valence-electron chi connectivity index (χ0n) is 27.8. The molecule has 3 atom stereocenters. The Kier molecular flexibility index (Phi) is 11.6. The van der Waals surface area contributed by atoms with Gasteiger partial charge in [-0.15, -0.1) is 0 Å². The van der Waals surface area contributed by atoms with Crippen LogP contribution in [0, 0.1) is 5.92 Å². The second-order valence-electron chi connectivity index (χ2n) is 13.0. The molecule has 10 nitrogen and oxygen atoms in total. The van der Waals surface area contributed by atoms with Crippen molar-refractivity contribution in [1.82, 2.24) is 10.6 Å². The Hall–Kier alpha value is -4.86. The Balaban J connectivity index is 1.42. The van der Waals surface area contributed by atoms with Crippen LogP contribution in [0.4, 0.5) is 9.59 Å². The van der Waals surface area contributed by atoms with Crippen LogP contribution in [0.25, 0.3) is 11.1 Å². The van der Waals surface area contributed by atoms with Crippen molar-refractivity contribution in [1.29, 1.82) is 0 Å². The lowest BCUT2D eigenvalue weighted by atomic mass is 9.98. The Morgan fingerprint density at radius 1 is 0.723 bits per heavy atom. The lowest BCUT2D eigenvalue weighted by molar-refractivity contribution is -0.160. The van der Waals surface area contributed by atoms with E-state index >= 15 is 0 Å². The van der Waals surface area contributed by atoms with E-state index in [-0.39, 0.29) is 31.5 Å². The number of carbonyl (C=O) groups excluding carboxylic acids is 4. The summed E-state index contributed by atoms with van der Waals surface area (Å²) in [6.07, 6.45) is -2.57. The Bertz CT molecular complexity index is 1500. The van der Waals surface area contributed by atoms with Crippen molar-refractivity contribution < 1.29 is 38.1 Å². The quantitative estimate of drug-likeness (QED) is 0.169. The summed E-state index contributed by atoms with van der Waals surface area (Å²) < 4.78 is 22.1. The van der Waals surface area contributed by atoms with Crippen LogP contribution in [0.5, 0.6) is 0 Å². The molecule has 47 heavy (non-hydrogen) atoms. The SMILES string of the molecule is CC(C)C[C@H](NC(=O)OCC1c2ccccc2-c2ccccc21)C(=O)O[C@H](C)[C@H](NC(=O)OC(C)(C)C)C(=O)OCc1ccccc1. The van der Waals surface area contributed by atoms with E-state index in [0.29, 0.717) is 0 Å². The summed E-state index contributed by atoms with van der Waals surface area (Å²) in [7, 11) is 0. The summed E-state index contributed by atoms with van der Waals surface area (Å²) in [5.41, 5.74) is 4.24. The van der Waals surface area contributed by atoms with Crippen molar-refractivity contribution >= 4 is 24.1 Å². The number of esters is 2. The lowest BCUT2D eigenvalue weighted by Crippen LogP contribution is -2.52. The highest BCUT2D eigenvalue weighted by molar-refractivity contribution is 5.84. The van der Waals surface area contributed by atoms with Gasteiger partial charge in [-0.05, 0) is 67.9 Å². The van der Waals surface area contributed by atoms with Gasteiger partial charge in [0, 0.05) is 5.92 Å². The topological polar surface area (TPSA) is 129 Å². The normalized spacial score (nSPS) is 14.2. The smallest absolute Gasteiger partial charge is 0.408 e. The molecule has 1 aliphatic carbocycles. The highest BCUT2D eigenvalue weighted by Crippen LogP contribution is 2.44. The molecule has 3 aromatic carbocycles. The average Bonchev–Trinajstić information content (AvgIpc) is 3.34. The van der Waals surface area contributed by atoms with Crippen molar-refractivity contribution in [2.45, 2.75) is 84.3 Å². The summed E-state index contributed by atoms with van der Waals surface area (Å²) in [6.45, 7) is 10.3. The highest BCUT2D eigenvalue weighted by Gasteiger charge is 2.36. The van der Waals surface area contributed by atoms with Gasteiger partial charge in [0.15, 0.2) is 6.04 Å². The van der Waals surface area contributed by atoms with Crippen molar-refractivity contribution in [3.8, 4) is 11.1 Å². The highest BCUT2D eigenvalue weighted by atomic mass is 16.6. The van der Waals surface area contributed by atoms with E-state index in [1.165, 1.54) is 6.92 Å². The van der Waals surface area contributed by atoms with Crippen molar-refractivity contribution in [2.75, 3.05) is 6.61 Å². The number of amides is 2. The molecular formula is C37H44N2O8. The molecule has 0 saturated heterocycles. The third kappa shape index (κ3) is 9.81. The van der Waals surface area contributed by atoms with E-state index in [4.69, 9.17) is 18.9 Å². The predicted octanol–water partition coefficient (Wildman–Crippen LogP) is 6.51. The molecule has 0 heterocycles. The Morgan fingerprint density at radius 3 is 1.87 bits per heavy atom. The second kappa shape index (κ2) is 15.6. The minimum atomic E-state index is -1.38. The van der Waals surface area contributed by atoms with E-state index in [1.807, 2.05) is 80.6 Å². The van der Waals surface area contributed by atoms with Gasteiger partial charge < -0.3 is 29.6 Å². The first-order chi connectivity index (χ1) is 22.3. The number of hydrogen-bond acceptors (Lipinski definition) is 8. The zero-order valence-corrected chi connectivity index (χ0v) is 27.8. The predicted molar refractivity (Wildman–Crippen MR) is 176 cm³/mol. The molecule has 4 rings (SSSR count). The van der Waals surface area contributed by atoms with Crippen LogP contribution in [0.15, 0.2) is 78.9 Å². The van der Waals surface area contributed by atoms with Gasteiger partial charge in [-0.2, -0.15) is 0 Å². The van der Waals surface area contributed by atoms with E-state index in [2.05, 4.69) is 10.6 Å². The molecule has 0 unspecified atom stereocenters. The van der Waals surface area contributed by atoms with Gasteiger partial charge in [0.2, 0.25) is 0 Å². The molecule has 0 saturated carbocycles. The maximum atomic E-state index is 13.4. The van der Waals surface area contributed by atoms with E-state index in [0.717, 1.165) is 27.8 Å². The van der Waals surface area contributed by atoms with Crippen molar-refractivity contribution in [2.24, 2.45) is 5.92 Å². The minimum absolute atomic E-state index is 0.00302. The van der Waals surface area contributed by atoms with Gasteiger partial charge in [-0.3, -0.25) is 0 Å². The van der Waals surface area contributed by atoms with Gasteiger partial charge in [0.1, 0.15) is 31.0 Å². The summed E-state index contributed by atoms with van der Waals surface area (Å²) in [5, 5.41) is 5.13. The maximum Gasteiger partial charge on any atom is 0.408 e. The summed E-state index contributed by atoms with van der Waals surface area (Å²) in [4.78, 5) is 52.3. The number of carbonyl (C=O) groups is 4. The van der Waals surface area contributed by atoms with Crippen LogP contribution >= 0.6 is 0 Å². The molecule has 2 amide bonds. The van der Waals surface area contributed by atoms with Crippen LogP contribution in [0.3, 0.4) is 0 Å². The molecular weight excluding hydrogens is 600 g/mol. The van der Waals surface area contributed by atoms with Gasteiger partial charge >= 0.3 is 24.1 Å². The molecule has 0 bridgehead atoms. The monoisotopic (exact) mass is 644 g/mol. The molecule has 0 radical (unpaired) electrons. The number of hydrogen-bond donors (Lipinski definition) is 2. The molecule has 250 valence electrons. The van der Waals surface area contributed by atoms with Crippen LogP contribution in [-0.4, -0.2) is 54.5 Å². The van der Waals surface area contributed by atoms with Crippen LogP contribution in [-0.2, 0) is 35.1 Å². The molecule has 10 heteroatoms. The summed E-state index contributed by atoms with van der Waals surface area (Å²) in [5.74, 6) is -1.75. The second-order valence-corrected chi connectivity index (χ2v) is 13.0.